The Morgan fingerprint density at radius 2 is 2.36 bits per heavy atom. The number of benzene rings is 1. The monoisotopic (exact) mass is 304 g/mol. The van der Waals surface area contributed by atoms with E-state index in [1.807, 2.05) is 18.2 Å². The van der Waals surface area contributed by atoms with E-state index in [0.717, 1.165) is 34.6 Å². The Labute approximate surface area is 97.2 Å². The normalized spacial score (nSPS) is 21.1. The van der Waals surface area contributed by atoms with Crippen molar-refractivity contribution in [3.8, 4) is 0 Å². The summed E-state index contributed by atoms with van der Waals surface area (Å²) in [6.45, 7) is 1.67. The lowest BCUT2D eigenvalue weighted by molar-refractivity contribution is 0.195. The van der Waals surface area contributed by atoms with E-state index < -0.39 is 0 Å². The van der Waals surface area contributed by atoms with Crippen molar-refractivity contribution in [2.24, 2.45) is 0 Å². The van der Waals surface area contributed by atoms with Crippen LogP contribution in [0.1, 0.15) is 6.42 Å². The maximum atomic E-state index is 5.68. The molecule has 1 aliphatic rings. The van der Waals surface area contributed by atoms with Crippen LogP contribution in [0.15, 0.2) is 18.2 Å². The molecule has 1 saturated heterocycles. The van der Waals surface area contributed by atoms with Crippen LogP contribution in [-0.2, 0) is 4.74 Å². The number of hydrogen-bond acceptors (Lipinski definition) is 3. The Kier molecular flexibility index (Phi) is 3.12. The van der Waals surface area contributed by atoms with E-state index in [-0.39, 0.29) is 0 Å². The van der Waals surface area contributed by atoms with Gasteiger partial charge in [0.2, 0.25) is 0 Å². The summed E-state index contributed by atoms with van der Waals surface area (Å²) in [4.78, 5) is 0. The number of halogens is 1. The van der Waals surface area contributed by atoms with Crippen LogP contribution in [0.25, 0.3) is 0 Å². The van der Waals surface area contributed by atoms with Gasteiger partial charge >= 0.3 is 0 Å². The Bertz CT molecular complexity index is 324. The lowest BCUT2D eigenvalue weighted by Gasteiger charge is -2.13. The second kappa shape index (κ2) is 4.35. The van der Waals surface area contributed by atoms with Gasteiger partial charge in [-0.3, -0.25) is 0 Å². The summed E-state index contributed by atoms with van der Waals surface area (Å²) >= 11 is 2.29. The highest BCUT2D eigenvalue weighted by Crippen LogP contribution is 2.22. The van der Waals surface area contributed by atoms with Gasteiger partial charge in [0.05, 0.1) is 12.6 Å². The molecule has 3 nitrogen and oxygen atoms in total. The van der Waals surface area contributed by atoms with E-state index >= 15 is 0 Å². The first-order valence-electron chi connectivity index (χ1n) is 4.65. The zero-order chi connectivity index (χ0) is 9.97. The molecular weight excluding hydrogens is 291 g/mol. The maximum absolute atomic E-state index is 5.68. The van der Waals surface area contributed by atoms with Gasteiger partial charge < -0.3 is 15.8 Å². The molecule has 1 aliphatic heterocycles. The van der Waals surface area contributed by atoms with E-state index in [2.05, 4.69) is 27.9 Å². The van der Waals surface area contributed by atoms with Gasteiger partial charge in [0, 0.05) is 21.6 Å². The quantitative estimate of drug-likeness (QED) is 0.649. The van der Waals surface area contributed by atoms with Gasteiger partial charge in [0.1, 0.15) is 0 Å². The highest BCUT2D eigenvalue weighted by molar-refractivity contribution is 14.1. The molecule has 1 fully saturated rings. The Balaban J connectivity index is 2.08. The Morgan fingerprint density at radius 3 is 3.00 bits per heavy atom. The van der Waals surface area contributed by atoms with E-state index in [0.29, 0.717) is 6.04 Å². The van der Waals surface area contributed by atoms with Crippen molar-refractivity contribution in [2.75, 3.05) is 24.3 Å². The molecule has 0 amide bonds. The molecule has 1 unspecified atom stereocenters. The first-order chi connectivity index (χ1) is 6.75. The summed E-state index contributed by atoms with van der Waals surface area (Å²) in [7, 11) is 0. The molecule has 0 radical (unpaired) electrons. The predicted molar refractivity (Wildman–Crippen MR) is 66.4 cm³/mol. The number of anilines is 2. The first-order valence-corrected chi connectivity index (χ1v) is 5.73. The van der Waals surface area contributed by atoms with Crippen LogP contribution in [0.5, 0.6) is 0 Å². The lowest BCUT2D eigenvalue weighted by Crippen LogP contribution is -2.19. The van der Waals surface area contributed by atoms with E-state index in [1.54, 1.807) is 0 Å². The van der Waals surface area contributed by atoms with Gasteiger partial charge in [-0.25, -0.2) is 0 Å². The van der Waals surface area contributed by atoms with E-state index in [1.165, 1.54) is 0 Å². The smallest absolute Gasteiger partial charge is 0.0668 e. The van der Waals surface area contributed by atoms with Crippen molar-refractivity contribution in [3.63, 3.8) is 0 Å². The minimum atomic E-state index is 0.451. The molecule has 0 bridgehead atoms. The van der Waals surface area contributed by atoms with Crippen molar-refractivity contribution in [1.82, 2.24) is 0 Å². The largest absolute Gasteiger partial charge is 0.399 e. The van der Waals surface area contributed by atoms with Crippen LogP contribution < -0.4 is 11.1 Å². The van der Waals surface area contributed by atoms with Crippen molar-refractivity contribution in [3.05, 3.63) is 21.8 Å². The summed E-state index contributed by atoms with van der Waals surface area (Å²) in [5.41, 5.74) is 7.63. The summed E-state index contributed by atoms with van der Waals surface area (Å²) in [6, 6.07) is 6.36. The van der Waals surface area contributed by atoms with Gasteiger partial charge in [-0.2, -0.15) is 0 Å². The van der Waals surface area contributed by atoms with Gasteiger partial charge in [0.15, 0.2) is 0 Å². The molecule has 1 atom stereocenters. The van der Waals surface area contributed by atoms with Crippen molar-refractivity contribution < 1.29 is 4.74 Å². The van der Waals surface area contributed by atoms with Crippen LogP contribution in [-0.4, -0.2) is 19.3 Å². The fourth-order valence-electron chi connectivity index (χ4n) is 1.52. The lowest BCUT2D eigenvalue weighted by atomic mass is 10.2. The molecule has 76 valence electrons. The van der Waals surface area contributed by atoms with Crippen LogP contribution in [0.3, 0.4) is 0 Å². The number of nitrogens with one attached hydrogen (secondary N) is 1. The second-order valence-corrected chi connectivity index (χ2v) is 4.61. The molecular formula is C10H13IN2O. The fourth-order valence-corrected chi connectivity index (χ4v) is 2.21. The minimum absolute atomic E-state index is 0.451. The van der Waals surface area contributed by atoms with Crippen molar-refractivity contribution >= 4 is 34.0 Å². The number of hydrogen-bond donors (Lipinski definition) is 2. The Morgan fingerprint density at radius 1 is 1.50 bits per heavy atom. The standard InChI is InChI=1S/C10H13IN2O/c11-9-5-7(12)1-2-10(9)13-8-3-4-14-6-8/h1-2,5,8,13H,3-4,6,12H2. The third-order valence-corrected chi connectivity index (χ3v) is 3.17. The van der Waals surface area contributed by atoms with Crippen LogP contribution >= 0.6 is 22.6 Å². The minimum Gasteiger partial charge on any atom is -0.399 e. The maximum Gasteiger partial charge on any atom is 0.0668 e. The summed E-state index contributed by atoms with van der Waals surface area (Å²) in [5, 5.41) is 3.45. The van der Waals surface area contributed by atoms with Crippen LogP contribution in [0, 0.1) is 3.57 Å². The molecule has 2 rings (SSSR count). The third kappa shape index (κ3) is 2.30. The van der Waals surface area contributed by atoms with Crippen molar-refractivity contribution in [1.29, 1.82) is 0 Å². The zero-order valence-corrected chi connectivity index (χ0v) is 9.95. The first kappa shape index (κ1) is 10.0. The molecule has 0 saturated carbocycles. The average molecular weight is 304 g/mol. The zero-order valence-electron chi connectivity index (χ0n) is 7.79. The molecule has 1 aromatic rings. The van der Waals surface area contributed by atoms with Crippen molar-refractivity contribution in [2.45, 2.75) is 12.5 Å². The second-order valence-electron chi connectivity index (χ2n) is 3.44. The SMILES string of the molecule is Nc1ccc(NC2CCOC2)c(I)c1. The Hall–Kier alpha value is -0.490. The van der Waals surface area contributed by atoms with Gasteiger partial charge in [0.25, 0.3) is 0 Å². The molecule has 14 heavy (non-hydrogen) atoms. The highest BCUT2D eigenvalue weighted by Gasteiger charge is 2.15. The molecule has 1 heterocycles. The van der Waals surface area contributed by atoms with Gasteiger partial charge in [-0.1, -0.05) is 0 Å². The van der Waals surface area contributed by atoms with E-state index in [9.17, 15) is 0 Å². The molecule has 1 aromatic carbocycles. The third-order valence-electron chi connectivity index (χ3n) is 2.28. The van der Waals surface area contributed by atoms with Gasteiger partial charge in [-0.15, -0.1) is 0 Å². The molecule has 0 aliphatic carbocycles. The molecule has 4 heteroatoms. The number of rotatable bonds is 2. The molecule has 3 N–H and O–H groups in total. The molecule has 0 spiro atoms. The summed E-state index contributed by atoms with van der Waals surface area (Å²) in [5.74, 6) is 0. The number of nitrogen functional groups attached to an aromatic ring is 1. The topological polar surface area (TPSA) is 47.3 Å². The average Bonchev–Trinajstić information content (AvgIpc) is 2.62. The number of nitrogens with two attached hydrogens (primary N) is 1. The predicted octanol–water partition coefficient (Wildman–Crippen LogP) is 2.07. The fraction of sp³-hybridized carbons (Fsp3) is 0.400. The summed E-state index contributed by atoms with van der Waals surface area (Å²) in [6.07, 6.45) is 1.08. The number of ether oxygens (including phenoxy) is 1. The van der Waals surface area contributed by atoms with E-state index in [4.69, 9.17) is 10.5 Å². The van der Waals surface area contributed by atoms with Gasteiger partial charge in [-0.05, 0) is 47.2 Å². The highest BCUT2D eigenvalue weighted by atomic mass is 127. The van der Waals surface area contributed by atoms with Crippen LogP contribution in [0.2, 0.25) is 0 Å². The molecule has 0 aromatic heterocycles. The van der Waals surface area contributed by atoms with Crippen LogP contribution in [0.4, 0.5) is 11.4 Å². The summed E-state index contributed by atoms with van der Waals surface area (Å²) < 4.78 is 6.46.